The number of nitrogens with two attached hydrogens (primary N) is 1. The molecule has 2 rings (SSSR count). The number of nitrogens with zero attached hydrogens (tertiary/aromatic N) is 2. The molecule has 2 fully saturated rings. The van der Waals surface area contributed by atoms with Gasteiger partial charge in [-0.3, -0.25) is 4.79 Å². The molecule has 1 saturated heterocycles. The van der Waals surface area contributed by atoms with Crippen molar-refractivity contribution in [2.45, 2.75) is 39.2 Å². The van der Waals surface area contributed by atoms with Crippen LogP contribution >= 0.6 is 0 Å². The van der Waals surface area contributed by atoms with Crippen LogP contribution in [0, 0.1) is 17.3 Å². The number of piperidine rings is 1. The first kappa shape index (κ1) is 15.1. The van der Waals surface area contributed by atoms with Crippen molar-refractivity contribution in [3.05, 3.63) is 0 Å². The summed E-state index contributed by atoms with van der Waals surface area (Å²) < 4.78 is 5.45. The van der Waals surface area contributed by atoms with Crippen LogP contribution in [0.4, 0.5) is 0 Å². The molecule has 1 amide bonds. The summed E-state index contributed by atoms with van der Waals surface area (Å²) in [5.74, 6) is 0.915. The number of methoxy groups -OCH3 is 1. The predicted molar refractivity (Wildman–Crippen MR) is 75.4 cm³/mol. The Balaban J connectivity index is 2.13. The standard InChI is InChI=1S/C14H25N3O3/c1-9-6-14(7-9,12(15)16-19)13(18)17-5-4-10(2)11(8-17)20-3/h9-11,19H,4-8H2,1-3H3,(H2,15,16). The average Bonchev–Trinajstić information content (AvgIpc) is 2.42. The van der Waals surface area contributed by atoms with Gasteiger partial charge in [0.2, 0.25) is 5.91 Å². The van der Waals surface area contributed by atoms with Gasteiger partial charge in [-0.15, -0.1) is 0 Å². The van der Waals surface area contributed by atoms with Crippen LogP contribution in [0.25, 0.3) is 0 Å². The Kier molecular flexibility index (Phi) is 4.22. The number of hydrogen-bond acceptors (Lipinski definition) is 4. The molecule has 0 bridgehead atoms. The highest BCUT2D eigenvalue weighted by Gasteiger charge is 2.54. The molecule has 0 radical (unpaired) electrons. The van der Waals surface area contributed by atoms with Crippen LogP contribution in [0.5, 0.6) is 0 Å². The summed E-state index contributed by atoms with van der Waals surface area (Å²) in [5.41, 5.74) is 5.00. The lowest BCUT2D eigenvalue weighted by molar-refractivity contribution is -0.149. The molecule has 1 aliphatic carbocycles. The maximum Gasteiger partial charge on any atom is 0.236 e. The quantitative estimate of drug-likeness (QED) is 0.350. The monoisotopic (exact) mass is 283 g/mol. The Bertz CT molecular complexity index is 404. The van der Waals surface area contributed by atoms with Gasteiger partial charge >= 0.3 is 0 Å². The number of carbonyl (C=O) groups excluding carboxylic acids is 1. The lowest BCUT2D eigenvalue weighted by atomic mass is 9.61. The van der Waals surface area contributed by atoms with Gasteiger partial charge in [0.25, 0.3) is 0 Å². The van der Waals surface area contributed by atoms with Crippen molar-refractivity contribution < 1.29 is 14.7 Å². The molecule has 1 heterocycles. The van der Waals surface area contributed by atoms with Crippen molar-refractivity contribution in [3.63, 3.8) is 0 Å². The first-order valence-electron chi connectivity index (χ1n) is 7.24. The van der Waals surface area contributed by atoms with E-state index < -0.39 is 5.41 Å². The average molecular weight is 283 g/mol. The molecular weight excluding hydrogens is 258 g/mol. The van der Waals surface area contributed by atoms with Crippen molar-refractivity contribution in [1.82, 2.24) is 4.90 Å². The minimum absolute atomic E-state index is 0.0140. The maximum absolute atomic E-state index is 12.8. The van der Waals surface area contributed by atoms with Crippen LogP contribution in [0.15, 0.2) is 5.16 Å². The van der Waals surface area contributed by atoms with E-state index in [9.17, 15) is 4.79 Å². The Hall–Kier alpha value is -1.30. The van der Waals surface area contributed by atoms with Gasteiger partial charge in [0.1, 0.15) is 5.41 Å². The minimum Gasteiger partial charge on any atom is -0.409 e. The molecule has 20 heavy (non-hydrogen) atoms. The summed E-state index contributed by atoms with van der Waals surface area (Å²) in [6.07, 6.45) is 2.30. The highest BCUT2D eigenvalue weighted by molar-refractivity contribution is 6.07. The van der Waals surface area contributed by atoms with Gasteiger partial charge in [0.05, 0.1) is 6.10 Å². The molecule has 1 saturated carbocycles. The Morgan fingerprint density at radius 2 is 2.10 bits per heavy atom. The normalized spacial score (nSPS) is 38.5. The second-order valence-corrected chi connectivity index (χ2v) is 6.37. The van der Waals surface area contributed by atoms with E-state index in [1.165, 1.54) is 0 Å². The van der Waals surface area contributed by atoms with E-state index in [0.717, 1.165) is 6.42 Å². The SMILES string of the molecule is COC1CN(C(=O)C2(C(N)=NO)CC(C)C2)CCC1C. The molecule has 3 N–H and O–H groups in total. The highest BCUT2D eigenvalue weighted by Crippen LogP contribution is 2.47. The van der Waals surface area contributed by atoms with E-state index in [4.69, 9.17) is 15.7 Å². The Morgan fingerprint density at radius 1 is 1.45 bits per heavy atom. The van der Waals surface area contributed by atoms with E-state index in [1.54, 1.807) is 7.11 Å². The van der Waals surface area contributed by atoms with E-state index >= 15 is 0 Å². The molecule has 6 heteroatoms. The predicted octanol–water partition coefficient (Wildman–Crippen LogP) is 1.03. The summed E-state index contributed by atoms with van der Waals surface area (Å²) in [6.45, 7) is 5.52. The maximum atomic E-state index is 12.8. The third kappa shape index (κ3) is 2.37. The van der Waals surface area contributed by atoms with Crippen LogP contribution in [-0.2, 0) is 9.53 Å². The fourth-order valence-corrected chi connectivity index (χ4v) is 3.55. The van der Waals surface area contributed by atoms with Gasteiger partial charge < -0.3 is 20.6 Å². The van der Waals surface area contributed by atoms with Gasteiger partial charge in [0.15, 0.2) is 5.84 Å². The third-order valence-corrected chi connectivity index (χ3v) is 4.88. The van der Waals surface area contributed by atoms with Crippen LogP contribution in [0.3, 0.4) is 0 Å². The van der Waals surface area contributed by atoms with E-state index in [0.29, 0.717) is 37.8 Å². The number of amides is 1. The van der Waals surface area contributed by atoms with Crippen molar-refractivity contribution in [1.29, 1.82) is 0 Å². The summed E-state index contributed by atoms with van der Waals surface area (Å²) in [4.78, 5) is 14.6. The zero-order chi connectivity index (χ0) is 14.9. The molecule has 0 aromatic carbocycles. The highest BCUT2D eigenvalue weighted by atomic mass is 16.5. The van der Waals surface area contributed by atoms with E-state index in [1.807, 2.05) is 4.90 Å². The number of carbonyl (C=O) groups is 1. The Morgan fingerprint density at radius 3 is 2.60 bits per heavy atom. The lowest BCUT2D eigenvalue weighted by Crippen LogP contribution is -2.60. The molecule has 2 unspecified atom stereocenters. The smallest absolute Gasteiger partial charge is 0.236 e. The molecule has 114 valence electrons. The summed E-state index contributed by atoms with van der Waals surface area (Å²) in [7, 11) is 1.68. The van der Waals surface area contributed by atoms with Crippen LogP contribution < -0.4 is 5.73 Å². The molecule has 0 spiro atoms. The Labute approximate surface area is 119 Å². The molecule has 0 aromatic heterocycles. The number of ether oxygens (including phenoxy) is 1. The van der Waals surface area contributed by atoms with Crippen LogP contribution in [0.1, 0.15) is 33.1 Å². The molecule has 0 aromatic rings. The van der Waals surface area contributed by atoms with E-state index in [2.05, 4.69) is 19.0 Å². The van der Waals surface area contributed by atoms with Crippen molar-refractivity contribution in [2.24, 2.45) is 28.1 Å². The van der Waals surface area contributed by atoms with Crippen LogP contribution in [0.2, 0.25) is 0 Å². The summed E-state index contributed by atoms with van der Waals surface area (Å²) in [5, 5.41) is 12.1. The van der Waals surface area contributed by atoms with E-state index in [-0.39, 0.29) is 17.8 Å². The minimum atomic E-state index is -0.799. The van der Waals surface area contributed by atoms with Crippen molar-refractivity contribution in [2.75, 3.05) is 20.2 Å². The van der Waals surface area contributed by atoms with Crippen molar-refractivity contribution >= 4 is 11.7 Å². The molecule has 6 nitrogen and oxygen atoms in total. The van der Waals surface area contributed by atoms with Crippen molar-refractivity contribution in [3.8, 4) is 0 Å². The first-order valence-corrected chi connectivity index (χ1v) is 7.24. The summed E-state index contributed by atoms with van der Waals surface area (Å²) >= 11 is 0. The number of oxime groups is 1. The van der Waals surface area contributed by atoms with Gasteiger partial charge in [0, 0.05) is 20.2 Å². The zero-order valence-electron chi connectivity index (χ0n) is 12.5. The molecule has 2 atom stereocenters. The fourth-order valence-electron chi connectivity index (χ4n) is 3.55. The number of amidine groups is 1. The van der Waals surface area contributed by atoms with Gasteiger partial charge in [-0.05, 0) is 31.1 Å². The lowest BCUT2D eigenvalue weighted by Gasteiger charge is -2.48. The molecule has 1 aliphatic heterocycles. The van der Waals surface area contributed by atoms with Gasteiger partial charge in [-0.25, -0.2) is 0 Å². The topological polar surface area (TPSA) is 88.2 Å². The number of hydrogen-bond donors (Lipinski definition) is 2. The largest absolute Gasteiger partial charge is 0.409 e. The second kappa shape index (κ2) is 5.60. The second-order valence-electron chi connectivity index (χ2n) is 6.37. The zero-order valence-corrected chi connectivity index (χ0v) is 12.5. The first-order chi connectivity index (χ1) is 9.44. The number of likely N-dealkylation sites (tertiary alicyclic amines) is 1. The van der Waals surface area contributed by atoms with Crippen LogP contribution in [-0.4, -0.2) is 48.2 Å². The number of rotatable bonds is 3. The van der Waals surface area contributed by atoms with Gasteiger partial charge in [-0.2, -0.15) is 0 Å². The third-order valence-electron chi connectivity index (χ3n) is 4.88. The molecular formula is C14H25N3O3. The summed E-state index contributed by atoms with van der Waals surface area (Å²) in [6, 6.07) is 0. The fraction of sp³-hybridized carbons (Fsp3) is 0.857. The van der Waals surface area contributed by atoms with Gasteiger partial charge in [-0.1, -0.05) is 19.0 Å². The molecule has 2 aliphatic rings.